The molecule has 4 aliphatic rings. The molecule has 7 rings (SSSR count). The number of fused-ring (bicyclic) bond motifs is 3. The summed E-state index contributed by atoms with van der Waals surface area (Å²) in [7, 11) is -0.718. The minimum atomic E-state index is -0.718. The van der Waals surface area contributed by atoms with Crippen molar-refractivity contribution in [3.63, 3.8) is 0 Å². The van der Waals surface area contributed by atoms with E-state index in [0.29, 0.717) is 4.58 Å². The summed E-state index contributed by atoms with van der Waals surface area (Å²) in [6.07, 6.45) is 12.5. The Hall–Kier alpha value is -1.77. The molecule has 0 bridgehead atoms. The summed E-state index contributed by atoms with van der Waals surface area (Å²) in [5.41, 5.74) is 6.79. The lowest BCUT2D eigenvalue weighted by molar-refractivity contribution is 0.444. The molecule has 2 atom stereocenters. The van der Waals surface area contributed by atoms with Crippen LogP contribution in [0.1, 0.15) is 43.2 Å². The smallest absolute Gasteiger partial charge is 0.0874 e. The van der Waals surface area contributed by atoms with E-state index in [-0.39, 0.29) is 10.7 Å². The van der Waals surface area contributed by atoms with Gasteiger partial charge in [-0.1, -0.05) is 103 Å². The first kappa shape index (κ1) is 25.2. The molecule has 0 amide bonds. The molecule has 0 saturated carbocycles. The van der Waals surface area contributed by atoms with Crippen LogP contribution in [0.2, 0.25) is 0 Å². The van der Waals surface area contributed by atoms with Crippen molar-refractivity contribution < 1.29 is 0 Å². The Kier molecular flexibility index (Phi) is 7.07. The van der Waals surface area contributed by atoms with E-state index in [1.54, 1.807) is 22.3 Å². The van der Waals surface area contributed by atoms with Crippen molar-refractivity contribution in [2.75, 3.05) is 18.1 Å². The predicted molar refractivity (Wildman–Crippen MR) is 170 cm³/mol. The topological polar surface area (TPSA) is 12.0 Å². The van der Waals surface area contributed by atoms with Crippen molar-refractivity contribution in [3.8, 4) is 0 Å². The SMILES string of the molecule is C1=CC(NCC2SCCCS2)(P(c2ccccc2)c2ccccc2)C2=C(C1)CCC21CCc2ccccc21. The fourth-order valence-electron chi connectivity index (χ4n) is 7.47. The summed E-state index contributed by atoms with van der Waals surface area (Å²) < 4.78 is 0.622. The van der Waals surface area contributed by atoms with Crippen LogP contribution in [0.4, 0.5) is 0 Å². The van der Waals surface area contributed by atoms with Gasteiger partial charge in [0.2, 0.25) is 0 Å². The quantitative estimate of drug-likeness (QED) is 0.250. The second-order valence-electron chi connectivity index (χ2n) is 11.0. The number of nitrogens with one attached hydrogen (secondary N) is 1. The number of rotatable bonds is 6. The van der Waals surface area contributed by atoms with Crippen molar-refractivity contribution in [2.24, 2.45) is 0 Å². The summed E-state index contributed by atoms with van der Waals surface area (Å²) in [4.78, 5) is 0. The van der Waals surface area contributed by atoms with E-state index in [1.165, 1.54) is 54.2 Å². The van der Waals surface area contributed by atoms with Gasteiger partial charge in [-0.3, -0.25) is 5.32 Å². The molecule has 1 heterocycles. The van der Waals surface area contributed by atoms with E-state index in [9.17, 15) is 0 Å². The van der Waals surface area contributed by atoms with Crippen molar-refractivity contribution in [1.29, 1.82) is 0 Å². The normalized spacial score (nSPS) is 26.8. The third-order valence-corrected chi connectivity index (χ3v) is 14.8. The maximum absolute atomic E-state index is 4.40. The first-order chi connectivity index (χ1) is 18.8. The van der Waals surface area contributed by atoms with E-state index >= 15 is 0 Å². The molecular weight excluding hydrogens is 517 g/mol. The van der Waals surface area contributed by atoms with Gasteiger partial charge in [0, 0.05) is 12.0 Å². The van der Waals surface area contributed by atoms with E-state index in [2.05, 4.69) is 126 Å². The van der Waals surface area contributed by atoms with Crippen LogP contribution in [0.25, 0.3) is 0 Å². The van der Waals surface area contributed by atoms with Gasteiger partial charge in [-0.2, -0.15) is 0 Å². The molecule has 1 saturated heterocycles. The lowest BCUT2D eigenvalue weighted by Crippen LogP contribution is -2.54. The zero-order chi connectivity index (χ0) is 25.4. The van der Waals surface area contributed by atoms with Crippen LogP contribution in [-0.4, -0.2) is 27.9 Å². The maximum atomic E-state index is 4.40. The number of thioether (sulfide) groups is 2. The molecule has 1 fully saturated rings. The fourth-order valence-corrected chi connectivity index (χ4v) is 13.3. The number of benzene rings is 3. The lowest BCUT2D eigenvalue weighted by atomic mass is 9.71. The monoisotopic (exact) mass is 553 g/mol. The van der Waals surface area contributed by atoms with Crippen LogP contribution in [0, 0.1) is 0 Å². The van der Waals surface area contributed by atoms with Gasteiger partial charge in [0.1, 0.15) is 0 Å². The van der Waals surface area contributed by atoms with Crippen molar-refractivity contribution in [2.45, 2.75) is 53.8 Å². The standard InChI is InChI=1S/C34H36NPS2/c1-3-13-28(14-4-1)36(29-15-5-2-6-16-29)34(35-25-31-37-23-10-24-38-31)20-9-12-27-19-22-33(32(27)34)21-18-26-11-7-8-17-30(26)33/h1-9,11,13-17,20,31,35H,10,12,18-19,21-25H2. The zero-order valence-corrected chi connectivity index (χ0v) is 24.5. The Morgan fingerprint density at radius 3 is 2.18 bits per heavy atom. The van der Waals surface area contributed by atoms with Crippen LogP contribution in [0.5, 0.6) is 0 Å². The fraction of sp³-hybridized carbons (Fsp3) is 0.353. The number of hydrogen-bond acceptors (Lipinski definition) is 3. The van der Waals surface area contributed by atoms with Crippen LogP contribution >= 0.6 is 31.4 Å². The van der Waals surface area contributed by atoms with Crippen LogP contribution in [0.3, 0.4) is 0 Å². The number of aryl methyl sites for hydroxylation is 1. The highest BCUT2D eigenvalue weighted by atomic mass is 32.2. The highest BCUT2D eigenvalue weighted by molar-refractivity contribution is 8.17. The molecule has 1 aliphatic heterocycles. The summed E-state index contributed by atoms with van der Waals surface area (Å²) in [5.74, 6) is 2.58. The van der Waals surface area contributed by atoms with E-state index in [4.69, 9.17) is 0 Å². The minimum Gasteiger partial charge on any atom is -0.298 e. The molecule has 38 heavy (non-hydrogen) atoms. The second-order valence-corrected chi connectivity index (χ2v) is 16.3. The zero-order valence-electron chi connectivity index (χ0n) is 21.9. The molecule has 0 radical (unpaired) electrons. The molecule has 3 aliphatic carbocycles. The third kappa shape index (κ3) is 4.26. The van der Waals surface area contributed by atoms with Gasteiger partial charge in [0.05, 0.1) is 9.86 Å². The molecule has 4 heteroatoms. The minimum absolute atomic E-state index is 0.153. The highest BCUT2D eigenvalue weighted by Gasteiger charge is 2.56. The maximum Gasteiger partial charge on any atom is 0.0874 e. The van der Waals surface area contributed by atoms with Crippen LogP contribution < -0.4 is 15.9 Å². The van der Waals surface area contributed by atoms with Crippen molar-refractivity contribution in [1.82, 2.24) is 5.32 Å². The van der Waals surface area contributed by atoms with Gasteiger partial charge in [-0.05, 0) is 85.3 Å². The predicted octanol–water partition coefficient (Wildman–Crippen LogP) is 7.54. The summed E-state index contributed by atoms with van der Waals surface area (Å²) >= 11 is 4.32. The van der Waals surface area contributed by atoms with Gasteiger partial charge in [0.15, 0.2) is 0 Å². The van der Waals surface area contributed by atoms with E-state index in [1.807, 2.05) is 0 Å². The van der Waals surface area contributed by atoms with Gasteiger partial charge in [0.25, 0.3) is 0 Å². The first-order valence-electron chi connectivity index (χ1n) is 14.2. The van der Waals surface area contributed by atoms with Gasteiger partial charge >= 0.3 is 0 Å². The van der Waals surface area contributed by atoms with Gasteiger partial charge < -0.3 is 0 Å². The molecule has 0 aromatic heterocycles. The Bertz CT molecular complexity index is 1310. The number of hydrogen-bond donors (Lipinski definition) is 1. The largest absolute Gasteiger partial charge is 0.298 e. The van der Waals surface area contributed by atoms with Gasteiger partial charge in [-0.15, -0.1) is 23.5 Å². The summed E-state index contributed by atoms with van der Waals surface area (Å²) in [6, 6.07) is 32.2. The Balaban J connectivity index is 1.43. The average molecular weight is 554 g/mol. The molecule has 3 aromatic rings. The Morgan fingerprint density at radius 2 is 1.45 bits per heavy atom. The molecule has 194 valence electrons. The van der Waals surface area contributed by atoms with Crippen LogP contribution in [-0.2, 0) is 11.8 Å². The van der Waals surface area contributed by atoms with Crippen molar-refractivity contribution in [3.05, 3.63) is 119 Å². The first-order valence-corrected chi connectivity index (χ1v) is 17.6. The second kappa shape index (κ2) is 10.7. The molecule has 2 unspecified atom stereocenters. The van der Waals surface area contributed by atoms with Gasteiger partial charge in [-0.25, -0.2) is 0 Å². The van der Waals surface area contributed by atoms with Crippen LogP contribution in [0.15, 0.2) is 108 Å². The average Bonchev–Trinajstić information content (AvgIpc) is 3.56. The third-order valence-electron chi connectivity index (χ3n) is 8.96. The molecule has 1 nitrogen and oxygen atoms in total. The highest BCUT2D eigenvalue weighted by Crippen LogP contribution is 2.65. The van der Waals surface area contributed by atoms with E-state index in [0.717, 1.165) is 13.0 Å². The Labute approximate surface area is 237 Å². The molecule has 3 aromatic carbocycles. The summed E-state index contributed by atoms with van der Waals surface area (Å²) in [5, 5.41) is 7.15. The Morgan fingerprint density at radius 1 is 0.789 bits per heavy atom. The molecule has 1 spiro atoms. The lowest BCUT2D eigenvalue weighted by Gasteiger charge is -2.49. The molecule has 1 N–H and O–H groups in total. The number of allylic oxidation sites excluding steroid dienone is 2. The van der Waals surface area contributed by atoms with E-state index < -0.39 is 7.92 Å². The van der Waals surface area contributed by atoms with Crippen molar-refractivity contribution >= 4 is 42.1 Å². The molecular formula is C34H36NPS2. The summed E-state index contributed by atoms with van der Waals surface area (Å²) in [6.45, 7) is 1.05.